The Bertz CT molecular complexity index is 1500. The summed E-state index contributed by atoms with van der Waals surface area (Å²) in [5, 5.41) is 9.26. The highest BCUT2D eigenvalue weighted by molar-refractivity contribution is 7.13. The molecule has 6 aromatic rings. The van der Waals surface area contributed by atoms with Crippen LogP contribution in [0.1, 0.15) is 0 Å². The van der Waals surface area contributed by atoms with Gasteiger partial charge in [-0.15, -0.1) is 11.3 Å². The fourth-order valence-electron chi connectivity index (χ4n) is 3.43. The Morgan fingerprint density at radius 1 is 0.967 bits per heavy atom. The number of nitrogens with one attached hydrogen (secondary N) is 2. The molecular weight excluding hydrogens is 403 g/mol. The molecule has 0 aliphatic carbocycles. The van der Waals surface area contributed by atoms with Gasteiger partial charge < -0.3 is 4.98 Å². The third-order valence-corrected chi connectivity index (χ3v) is 5.71. The van der Waals surface area contributed by atoms with Crippen LogP contribution in [0, 0.1) is 5.82 Å². The lowest BCUT2D eigenvalue weighted by Gasteiger charge is -2.03. The lowest BCUT2D eigenvalue weighted by atomic mass is 10.1. The Morgan fingerprint density at radius 2 is 1.87 bits per heavy atom. The zero-order valence-electron chi connectivity index (χ0n) is 15.2. The first-order valence-electron chi connectivity index (χ1n) is 8.96. The van der Waals surface area contributed by atoms with E-state index in [-0.39, 0.29) is 11.0 Å². The molecule has 0 spiro atoms. The summed E-state index contributed by atoms with van der Waals surface area (Å²) in [5.41, 5.74) is 3.79. The molecule has 0 aromatic carbocycles. The minimum Gasteiger partial charge on any atom is -0.335 e. The zero-order valence-corrected chi connectivity index (χ0v) is 16.0. The van der Waals surface area contributed by atoms with Gasteiger partial charge in [0.15, 0.2) is 17.1 Å². The summed E-state index contributed by atoms with van der Waals surface area (Å²) in [5.74, 6) is -0.0309. The van der Waals surface area contributed by atoms with Gasteiger partial charge in [0, 0.05) is 46.4 Å². The maximum Gasteiger partial charge on any atom is 0.184 e. The van der Waals surface area contributed by atoms with Crippen molar-refractivity contribution in [3.05, 3.63) is 60.5 Å². The highest BCUT2D eigenvalue weighted by Crippen LogP contribution is 2.34. The molecule has 144 valence electrons. The monoisotopic (exact) mass is 414 g/mol. The summed E-state index contributed by atoms with van der Waals surface area (Å²) in [6, 6.07) is 5.95. The summed E-state index contributed by atoms with van der Waals surface area (Å²) in [6.07, 6.45) is 7.61. The number of aromatic amines is 2. The van der Waals surface area contributed by atoms with E-state index in [0.717, 1.165) is 16.0 Å². The molecule has 6 rings (SSSR count). The van der Waals surface area contributed by atoms with E-state index in [4.69, 9.17) is 0 Å². The van der Waals surface area contributed by atoms with Crippen LogP contribution >= 0.6 is 11.3 Å². The van der Waals surface area contributed by atoms with Gasteiger partial charge in [0.25, 0.3) is 0 Å². The van der Waals surface area contributed by atoms with Gasteiger partial charge in [-0.25, -0.2) is 29.3 Å². The van der Waals surface area contributed by atoms with E-state index in [0.29, 0.717) is 28.3 Å². The first kappa shape index (κ1) is 16.9. The molecule has 6 heterocycles. The van der Waals surface area contributed by atoms with Crippen molar-refractivity contribution in [2.75, 3.05) is 0 Å². The lowest BCUT2D eigenvalue weighted by Crippen LogP contribution is -1.91. The summed E-state index contributed by atoms with van der Waals surface area (Å²) in [4.78, 5) is 25.5. The Labute approximate surface area is 171 Å². The van der Waals surface area contributed by atoms with Crippen LogP contribution in [-0.4, -0.2) is 40.1 Å². The van der Waals surface area contributed by atoms with Gasteiger partial charge in [-0.3, -0.25) is 5.10 Å². The van der Waals surface area contributed by atoms with Crippen LogP contribution in [-0.2, 0) is 0 Å². The first-order valence-corrected chi connectivity index (χ1v) is 9.84. The lowest BCUT2D eigenvalue weighted by molar-refractivity contribution is 0.642. The summed E-state index contributed by atoms with van der Waals surface area (Å²) in [6.45, 7) is 0. The summed E-state index contributed by atoms with van der Waals surface area (Å²) >= 11 is 1.62. The van der Waals surface area contributed by atoms with Gasteiger partial charge in [-0.2, -0.15) is 5.10 Å². The molecule has 0 fully saturated rings. The quantitative estimate of drug-likeness (QED) is 0.449. The number of H-pyrrole nitrogens is 2. The highest BCUT2D eigenvalue weighted by Gasteiger charge is 2.21. The molecule has 0 aliphatic heterocycles. The number of nitrogens with zero attached hydrogens (tertiary/aromatic N) is 6. The molecule has 0 amide bonds. The van der Waals surface area contributed by atoms with Crippen LogP contribution in [0.3, 0.4) is 0 Å². The number of pyridine rings is 2. The fourth-order valence-corrected chi connectivity index (χ4v) is 4.19. The third-order valence-electron chi connectivity index (χ3n) is 4.81. The van der Waals surface area contributed by atoms with Crippen LogP contribution in [0.5, 0.6) is 0 Å². The SMILES string of the molecule is Fc1c(-c2cncnc2)cnc2n[nH]c(-c3nc4nccc(-c5cccs5)c4[nH]3)c12. The second kappa shape index (κ2) is 6.49. The number of rotatable bonds is 3. The Balaban J connectivity index is 1.57. The van der Waals surface area contributed by atoms with Crippen molar-refractivity contribution in [1.82, 2.24) is 40.1 Å². The normalized spacial score (nSPS) is 11.5. The van der Waals surface area contributed by atoms with Crippen LogP contribution in [0.25, 0.3) is 55.3 Å². The van der Waals surface area contributed by atoms with Crippen LogP contribution in [0.4, 0.5) is 4.39 Å². The second-order valence-corrected chi connectivity index (χ2v) is 7.48. The average molecular weight is 414 g/mol. The molecule has 8 nitrogen and oxygen atoms in total. The fraction of sp³-hybridized carbons (Fsp3) is 0. The number of halogens is 1. The number of hydrogen-bond acceptors (Lipinski definition) is 7. The molecule has 6 aromatic heterocycles. The van der Waals surface area contributed by atoms with E-state index in [1.807, 2.05) is 23.6 Å². The number of aromatic nitrogens is 8. The van der Waals surface area contributed by atoms with E-state index in [9.17, 15) is 0 Å². The molecule has 0 radical (unpaired) electrons. The zero-order chi connectivity index (χ0) is 20.1. The van der Waals surface area contributed by atoms with Crippen LogP contribution < -0.4 is 0 Å². The van der Waals surface area contributed by atoms with Crippen molar-refractivity contribution in [3.8, 4) is 33.1 Å². The molecule has 0 atom stereocenters. The van der Waals surface area contributed by atoms with Gasteiger partial charge in [0.05, 0.1) is 10.9 Å². The smallest absolute Gasteiger partial charge is 0.184 e. The highest BCUT2D eigenvalue weighted by atomic mass is 32.1. The first-order chi connectivity index (χ1) is 14.8. The maximum absolute atomic E-state index is 15.5. The maximum atomic E-state index is 15.5. The number of fused-ring (bicyclic) bond motifs is 2. The van der Waals surface area contributed by atoms with E-state index >= 15 is 4.39 Å². The van der Waals surface area contributed by atoms with Gasteiger partial charge in [0.1, 0.15) is 17.8 Å². The minimum absolute atomic E-state index is 0.244. The van der Waals surface area contributed by atoms with Crippen molar-refractivity contribution in [3.63, 3.8) is 0 Å². The van der Waals surface area contributed by atoms with E-state index < -0.39 is 5.82 Å². The molecule has 0 bridgehead atoms. The van der Waals surface area contributed by atoms with E-state index in [1.165, 1.54) is 24.9 Å². The van der Waals surface area contributed by atoms with Gasteiger partial charge >= 0.3 is 0 Å². The number of imidazole rings is 1. The molecule has 0 aliphatic rings. The standard InChI is InChI=1S/C20H11FN8S/c21-15-12(10-6-22-9-23-7-10)8-25-18-14(15)17(28-29-18)20-26-16-11(13-2-1-5-30-13)3-4-24-19(16)27-20/h1-9H,(H,24,26,27)(H,25,28,29). The summed E-state index contributed by atoms with van der Waals surface area (Å²) in [7, 11) is 0. The molecule has 0 saturated heterocycles. The Kier molecular flexibility index (Phi) is 3.65. The molecule has 30 heavy (non-hydrogen) atoms. The molecular formula is C20H11FN8S. The van der Waals surface area contributed by atoms with Gasteiger partial charge in [-0.1, -0.05) is 6.07 Å². The van der Waals surface area contributed by atoms with Crippen molar-refractivity contribution in [2.45, 2.75) is 0 Å². The van der Waals surface area contributed by atoms with Crippen molar-refractivity contribution >= 4 is 33.5 Å². The van der Waals surface area contributed by atoms with Crippen molar-refractivity contribution < 1.29 is 4.39 Å². The van der Waals surface area contributed by atoms with Crippen LogP contribution in [0.15, 0.2) is 54.7 Å². The number of hydrogen-bond donors (Lipinski definition) is 2. The summed E-state index contributed by atoms with van der Waals surface area (Å²) < 4.78 is 15.5. The Hall–Kier alpha value is -4.05. The van der Waals surface area contributed by atoms with E-state index in [1.54, 1.807) is 17.5 Å². The van der Waals surface area contributed by atoms with Gasteiger partial charge in [0.2, 0.25) is 0 Å². The molecule has 0 saturated carbocycles. The van der Waals surface area contributed by atoms with Gasteiger partial charge in [-0.05, 0) is 17.5 Å². The molecule has 2 N–H and O–H groups in total. The van der Waals surface area contributed by atoms with Crippen LogP contribution in [0.2, 0.25) is 0 Å². The molecule has 10 heteroatoms. The predicted molar refractivity (Wildman–Crippen MR) is 111 cm³/mol. The molecule has 0 unspecified atom stereocenters. The topological polar surface area (TPSA) is 109 Å². The predicted octanol–water partition coefficient (Wildman–Crippen LogP) is 4.22. The van der Waals surface area contributed by atoms with Crippen molar-refractivity contribution in [1.29, 1.82) is 0 Å². The van der Waals surface area contributed by atoms with Crippen molar-refractivity contribution in [2.24, 2.45) is 0 Å². The second-order valence-electron chi connectivity index (χ2n) is 6.53. The number of thiophene rings is 1. The van der Waals surface area contributed by atoms with E-state index in [2.05, 4.69) is 40.1 Å². The Morgan fingerprint density at radius 3 is 2.70 bits per heavy atom. The largest absolute Gasteiger partial charge is 0.335 e. The third kappa shape index (κ3) is 2.51. The minimum atomic E-state index is -0.467. The average Bonchev–Trinajstić information content (AvgIpc) is 3.53.